The van der Waals surface area contributed by atoms with Crippen molar-refractivity contribution in [3.8, 4) is 0 Å². The largest absolute Gasteiger partial charge is 0.377 e. The molecule has 20 heavy (non-hydrogen) atoms. The monoisotopic (exact) mass is 270 g/mol. The molecule has 2 rings (SSSR count). The summed E-state index contributed by atoms with van der Waals surface area (Å²) in [7, 11) is 1.62. The van der Waals surface area contributed by atoms with Gasteiger partial charge in [0.25, 0.3) is 5.91 Å². The van der Waals surface area contributed by atoms with E-state index in [4.69, 9.17) is 0 Å². The number of amides is 1. The number of benzene rings is 1. The highest BCUT2D eigenvalue weighted by Crippen LogP contribution is 2.19. The third-order valence-electron chi connectivity index (χ3n) is 3.09. The number of aromatic nitrogens is 2. The van der Waals surface area contributed by atoms with E-state index < -0.39 is 0 Å². The lowest BCUT2D eigenvalue weighted by molar-refractivity contribution is 0.0963. The first kappa shape index (κ1) is 14.0. The molecule has 0 aliphatic carbocycles. The first-order chi connectivity index (χ1) is 9.61. The van der Waals surface area contributed by atoms with Crippen LogP contribution in [0.25, 0.3) is 0 Å². The van der Waals surface area contributed by atoms with E-state index in [9.17, 15) is 4.79 Å². The molecule has 1 amide bonds. The fraction of sp³-hybridized carbons (Fsp3) is 0.267. The number of carbonyl (C=O) groups excluding carboxylic acids is 1. The van der Waals surface area contributed by atoms with Crippen LogP contribution in [0.5, 0.6) is 0 Å². The Labute approximate surface area is 118 Å². The second kappa shape index (κ2) is 6.14. The van der Waals surface area contributed by atoms with Gasteiger partial charge in [-0.2, -0.15) is 0 Å². The van der Waals surface area contributed by atoms with Crippen LogP contribution >= 0.6 is 0 Å². The zero-order chi connectivity index (χ0) is 14.5. The fourth-order valence-electron chi connectivity index (χ4n) is 2.02. The molecule has 5 heteroatoms. The summed E-state index contributed by atoms with van der Waals surface area (Å²) < 4.78 is 0. The molecule has 1 atom stereocenters. The van der Waals surface area contributed by atoms with Crippen LogP contribution in [-0.2, 0) is 0 Å². The van der Waals surface area contributed by atoms with Crippen LogP contribution in [0.4, 0.5) is 5.69 Å². The molecule has 0 saturated heterocycles. The summed E-state index contributed by atoms with van der Waals surface area (Å²) in [5.74, 6) is -0.0885. The molecule has 0 spiro atoms. The Morgan fingerprint density at radius 1 is 1.15 bits per heavy atom. The van der Waals surface area contributed by atoms with E-state index in [0.717, 1.165) is 17.1 Å². The van der Waals surface area contributed by atoms with Crippen molar-refractivity contribution in [3.05, 3.63) is 53.6 Å². The molecule has 1 aromatic heterocycles. The minimum atomic E-state index is -0.0885. The SMILES string of the molecule is CNC(=O)c1ccc(NC(C)c2nccnc2C)cc1. The van der Waals surface area contributed by atoms with Gasteiger partial charge in [0.15, 0.2) is 0 Å². The van der Waals surface area contributed by atoms with Crippen LogP contribution < -0.4 is 10.6 Å². The first-order valence-corrected chi connectivity index (χ1v) is 6.48. The molecule has 1 aromatic carbocycles. The lowest BCUT2D eigenvalue weighted by Crippen LogP contribution is -2.17. The Bertz CT molecular complexity index is 595. The van der Waals surface area contributed by atoms with Crippen molar-refractivity contribution in [1.29, 1.82) is 0 Å². The van der Waals surface area contributed by atoms with Crippen molar-refractivity contribution in [2.75, 3.05) is 12.4 Å². The van der Waals surface area contributed by atoms with Crippen LogP contribution in [0.15, 0.2) is 36.7 Å². The van der Waals surface area contributed by atoms with Crippen molar-refractivity contribution >= 4 is 11.6 Å². The summed E-state index contributed by atoms with van der Waals surface area (Å²) in [5, 5.41) is 5.95. The van der Waals surface area contributed by atoms with Crippen molar-refractivity contribution in [2.45, 2.75) is 19.9 Å². The van der Waals surface area contributed by atoms with Crippen molar-refractivity contribution in [2.24, 2.45) is 0 Å². The summed E-state index contributed by atoms with van der Waals surface area (Å²) >= 11 is 0. The standard InChI is InChI=1S/C15H18N4O/c1-10-14(18-9-8-17-10)11(2)19-13-6-4-12(5-7-13)15(20)16-3/h4-9,11,19H,1-3H3,(H,16,20). The van der Waals surface area contributed by atoms with Crippen LogP contribution in [0, 0.1) is 6.92 Å². The molecule has 0 fully saturated rings. The molecule has 104 valence electrons. The molecule has 5 nitrogen and oxygen atoms in total. The van der Waals surface area contributed by atoms with E-state index >= 15 is 0 Å². The smallest absolute Gasteiger partial charge is 0.251 e. The molecule has 0 bridgehead atoms. The number of nitrogens with one attached hydrogen (secondary N) is 2. The highest BCUT2D eigenvalue weighted by atomic mass is 16.1. The highest BCUT2D eigenvalue weighted by molar-refractivity contribution is 5.94. The van der Waals surface area contributed by atoms with Gasteiger partial charge in [0, 0.05) is 30.7 Å². The Morgan fingerprint density at radius 2 is 1.80 bits per heavy atom. The van der Waals surface area contributed by atoms with Gasteiger partial charge in [-0.25, -0.2) is 0 Å². The summed E-state index contributed by atoms with van der Waals surface area (Å²) in [6, 6.07) is 7.39. The minimum Gasteiger partial charge on any atom is -0.377 e. The molecule has 2 aromatic rings. The number of hydrogen-bond donors (Lipinski definition) is 2. The fourth-order valence-corrected chi connectivity index (χ4v) is 2.02. The summed E-state index contributed by atoms with van der Waals surface area (Å²) in [6.45, 7) is 3.97. The van der Waals surface area contributed by atoms with Gasteiger partial charge in [-0.05, 0) is 38.1 Å². The van der Waals surface area contributed by atoms with E-state index in [1.165, 1.54) is 0 Å². The molecule has 1 unspecified atom stereocenters. The van der Waals surface area contributed by atoms with Gasteiger partial charge in [0.1, 0.15) is 0 Å². The molecule has 0 radical (unpaired) electrons. The van der Waals surface area contributed by atoms with E-state index in [-0.39, 0.29) is 11.9 Å². The number of anilines is 1. The number of hydrogen-bond acceptors (Lipinski definition) is 4. The Hall–Kier alpha value is -2.43. The van der Waals surface area contributed by atoms with Crippen molar-refractivity contribution in [3.63, 3.8) is 0 Å². The molecule has 0 aliphatic heterocycles. The quantitative estimate of drug-likeness (QED) is 0.894. The van der Waals surface area contributed by atoms with E-state index in [2.05, 4.69) is 20.6 Å². The lowest BCUT2D eigenvalue weighted by Gasteiger charge is -2.16. The van der Waals surface area contributed by atoms with Crippen molar-refractivity contribution in [1.82, 2.24) is 15.3 Å². The van der Waals surface area contributed by atoms with Gasteiger partial charge in [-0.15, -0.1) is 0 Å². The van der Waals surface area contributed by atoms with E-state index in [1.54, 1.807) is 31.6 Å². The molecular weight excluding hydrogens is 252 g/mol. The molecule has 0 saturated carbocycles. The Balaban J connectivity index is 2.10. The summed E-state index contributed by atoms with van der Waals surface area (Å²) in [5.41, 5.74) is 3.41. The number of carbonyl (C=O) groups is 1. The molecule has 2 N–H and O–H groups in total. The zero-order valence-electron chi connectivity index (χ0n) is 11.8. The normalized spacial score (nSPS) is 11.8. The van der Waals surface area contributed by atoms with Crippen molar-refractivity contribution < 1.29 is 4.79 Å². The Kier molecular flexibility index (Phi) is 4.30. The Morgan fingerprint density at radius 3 is 2.40 bits per heavy atom. The third kappa shape index (κ3) is 3.12. The van der Waals surface area contributed by atoms with Crippen LogP contribution in [0.1, 0.15) is 34.7 Å². The second-order valence-electron chi connectivity index (χ2n) is 4.55. The average molecular weight is 270 g/mol. The van der Waals surface area contributed by atoms with Gasteiger partial charge in [-0.3, -0.25) is 14.8 Å². The van der Waals surface area contributed by atoms with Gasteiger partial charge < -0.3 is 10.6 Å². The van der Waals surface area contributed by atoms with E-state index in [0.29, 0.717) is 5.56 Å². The average Bonchev–Trinajstić information content (AvgIpc) is 2.47. The van der Waals surface area contributed by atoms with Crippen LogP contribution in [0.3, 0.4) is 0 Å². The molecule has 1 heterocycles. The number of rotatable bonds is 4. The predicted molar refractivity (Wildman–Crippen MR) is 78.6 cm³/mol. The van der Waals surface area contributed by atoms with Crippen LogP contribution in [-0.4, -0.2) is 22.9 Å². The molecule has 0 aliphatic rings. The van der Waals surface area contributed by atoms with Crippen LogP contribution in [0.2, 0.25) is 0 Å². The molecular formula is C15H18N4O. The second-order valence-corrected chi connectivity index (χ2v) is 4.55. The maximum absolute atomic E-state index is 11.5. The zero-order valence-corrected chi connectivity index (χ0v) is 11.8. The van der Waals surface area contributed by atoms with Gasteiger partial charge in [-0.1, -0.05) is 0 Å². The first-order valence-electron chi connectivity index (χ1n) is 6.48. The maximum Gasteiger partial charge on any atom is 0.251 e. The van der Waals surface area contributed by atoms with Gasteiger partial charge in [0.2, 0.25) is 0 Å². The topological polar surface area (TPSA) is 66.9 Å². The van der Waals surface area contributed by atoms with Gasteiger partial charge in [0.05, 0.1) is 17.4 Å². The number of nitrogens with zero attached hydrogens (tertiary/aromatic N) is 2. The maximum atomic E-state index is 11.5. The number of aryl methyl sites for hydroxylation is 1. The predicted octanol–water partition coefficient (Wildman–Crippen LogP) is 2.32. The lowest BCUT2D eigenvalue weighted by atomic mass is 10.1. The van der Waals surface area contributed by atoms with Gasteiger partial charge >= 0.3 is 0 Å². The third-order valence-corrected chi connectivity index (χ3v) is 3.09. The van der Waals surface area contributed by atoms with E-state index in [1.807, 2.05) is 26.0 Å². The highest BCUT2D eigenvalue weighted by Gasteiger charge is 2.10. The summed E-state index contributed by atoms with van der Waals surface area (Å²) in [4.78, 5) is 20.0. The minimum absolute atomic E-state index is 0.0505. The summed E-state index contributed by atoms with van der Waals surface area (Å²) in [6.07, 6.45) is 3.37.